The molecule has 0 spiro atoms. The van der Waals surface area contributed by atoms with Crippen molar-refractivity contribution in [3.8, 4) is 39.9 Å². The van der Waals surface area contributed by atoms with E-state index >= 15 is 0 Å². The summed E-state index contributed by atoms with van der Waals surface area (Å²) < 4.78 is 4.84. The molecule has 0 saturated heterocycles. The second kappa shape index (κ2) is 11.4. The van der Waals surface area contributed by atoms with Crippen molar-refractivity contribution in [2.75, 3.05) is 0 Å². The molecule has 0 aliphatic heterocycles. The molecular weight excluding hydrogens is 653 g/mol. The molecule has 0 saturated carbocycles. The van der Waals surface area contributed by atoms with E-state index in [1.165, 1.54) is 36.3 Å². The highest BCUT2D eigenvalue weighted by atomic mass is 32.1. The first-order valence-corrected chi connectivity index (χ1v) is 18.3. The maximum atomic E-state index is 5.32. The average molecular weight is 681 g/mol. The van der Waals surface area contributed by atoms with E-state index in [0.29, 0.717) is 17.6 Å². The summed E-state index contributed by atoms with van der Waals surface area (Å²) in [5, 5.41) is 9.59. The van der Waals surface area contributed by atoms with Crippen LogP contribution in [0.4, 0.5) is 0 Å². The molecule has 3 aromatic heterocycles. The van der Waals surface area contributed by atoms with Gasteiger partial charge in [0, 0.05) is 47.6 Å². The third kappa shape index (κ3) is 4.57. The number of benzene rings is 8. The molecule has 8 aromatic carbocycles. The second-order valence-electron chi connectivity index (χ2n) is 13.3. The van der Waals surface area contributed by atoms with Crippen molar-refractivity contribution in [1.29, 1.82) is 0 Å². The number of fused-ring (bicyclic) bond motifs is 8. The SMILES string of the molecule is c1ccc(-c2nc(-c3ccc4ccccc4c3)nc(-n3c4cc5ccccc5cc4c4cccc(-c5ccc6c(c5)sc5ccccc56)c43)n2)cc1. The maximum absolute atomic E-state index is 5.32. The topological polar surface area (TPSA) is 43.6 Å². The van der Waals surface area contributed by atoms with Crippen LogP contribution >= 0.6 is 11.3 Å². The van der Waals surface area contributed by atoms with Gasteiger partial charge >= 0.3 is 0 Å². The van der Waals surface area contributed by atoms with Gasteiger partial charge in [0.05, 0.1) is 11.0 Å². The van der Waals surface area contributed by atoms with E-state index in [9.17, 15) is 0 Å². The lowest BCUT2D eigenvalue weighted by Crippen LogP contribution is -2.07. The predicted octanol–water partition coefficient (Wildman–Crippen LogP) is 12.6. The van der Waals surface area contributed by atoms with Crippen LogP contribution in [0.5, 0.6) is 0 Å². The largest absolute Gasteiger partial charge is 0.277 e. The van der Waals surface area contributed by atoms with E-state index in [0.717, 1.165) is 49.4 Å². The van der Waals surface area contributed by atoms with Crippen LogP contribution < -0.4 is 0 Å². The number of aromatic nitrogens is 4. The number of rotatable bonds is 4. The molecule has 0 amide bonds. The number of nitrogens with zero attached hydrogens (tertiary/aromatic N) is 4. The van der Waals surface area contributed by atoms with Gasteiger partial charge in [-0.1, -0.05) is 140 Å². The molecule has 11 rings (SSSR count). The van der Waals surface area contributed by atoms with Gasteiger partial charge in [-0.05, 0) is 57.4 Å². The van der Waals surface area contributed by atoms with Crippen molar-refractivity contribution < 1.29 is 0 Å². The normalized spacial score (nSPS) is 11.8. The van der Waals surface area contributed by atoms with Gasteiger partial charge in [0.2, 0.25) is 5.95 Å². The number of para-hydroxylation sites is 1. The van der Waals surface area contributed by atoms with Crippen molar-refractivity contribution in [2.24, 2.45) is 0 Å². The highest BCUT2D eigenvalue weighted by Crippen LogP contribution is 2.42. The van der Waals surface area contributed by atoms with Gasteiger partial charge in [-0.3, -0.25) is 4.57 Å². The van der Waals surface area contributed by atoms with Crippen LogP contribution in [0, 0.1) is 0 Å². The minimum Gasteiger partial charge on any atom is -0.277 e. The fourth-order valence-electron chi connectivity index (χ4n) is 7.72. The molecule has 0 atom stereocenters. The molecule has 11 aromatic rings. The Kier molecular flexibility index (Phi) is 6.39. The Morgan fingerprint density at radius 1 is 0.385 bits per heavy atom. The van der Waals surface area contributed by atoms with Crippen LogP contribution in [0.1, 0.15) is 0 Å². The van der Waals surface area contributed by atoms with E-state index in [1.807, 2.05) is 29.5 Å². The molecule has 242 valence electrons. The van der Waals surface area contributed by atoms with E-state index < -0.39 is 0 Å². The number of thiophene rings is 1. The summed E-state index contributed by atoms with van der Waals surface area (Å²) in [4.78, 5) is 15.7. The summed E-state index contributed by atoms with van der Waals surface area (Å²) in [5.74, 6) is 1.85. The molecule has 3 heterocycles. The Bertz CT molecular complexity index is 3190. The Morgan fingerprint density at radius 3 is 1.88 bits per heavy atom. The molecule has 52 heavy (non-hydrogen) atoms. The summed E-state index contributed by atoms with van der Waals surface area (Å²) in [7, 11) is 0. The predicted molar refractivity (Wildman–Crippen MR) is 218 cm³/mol. The van der Waals surface area contributed by atoms with Gasteiger partial charge in [-0.15, -0.1) is 11.3 Å². The Hall–Kier alpha value is -6.69. The van der Waals surface area contributed by atoms with Crippen LogP contribution in [0.2, 0.25) is 0 Å². The third-order valence-electron chi connectivity index (χ3n) is 10.2. The van der Waals surface area contributed by atoms with Gasteiger partial charge in [0.15, 0.2) is 11.6 Å². The standard InChI is InChI=1S/C47H28N4S/c1-2-12-30(13-3-1)45-48-46(35-22-21-29-11-4-5-14-31(29)25-35)50-47(49-45)51-41-27-33-16-7-6-15-32(33)26-40(41)39-19-10-18-36(44(39)51)34-23-24-38-37-17-8-9-20-42(37)52-43(38)28-34/h1-28H. The Morgan fingerprint density at radius 2 is 1.04 bits per heavy atom. The van der Waals surface area contributed by atoms with Crippen molar-refractivity contribution in [3.05, 3.63) is 170 Å². The quantitative estimate of drug-likeness (QED) is 0.186. The van der Waals surface area contributed by atoms with Crippen molar-refractivity contribution in [3.63, 3.8) is 0 Å². The minimum atomic E-state index is 0.586. The van der Waals surface area contributed by atoms with E-state index in [4.69, 9.17) is 15.0 Å². The minimum absolute atomic E-state index is 0.586. The highest BCUT2D eigenvalue weighted by Gasteiger charge is 2.21. The van der Waals surface area contributed by atoms with Gasteiger partial charge < -0.3 is 0 Å². The summed E-state index contributed by atoms with van der Waals surface area (Å²) in [5.41, 5.74) is 6.30. The molecule has 0 radical (unpaired) electrons. The summed E-state index contributed by atoms with van der Waals surface area (Å²) in [6.07, 6.45) is 0. The molecule has 0 unspecified atom stereocenters. The molecular formula is C47H28N4S. The third-order valence-corrected chi connectivity index (χ3v) is 11.3. The zero-order chi connectivity index (χ0) is 34.2. The van der Waals surface area contributed by atoms with Crippen LogP contribution in [0.15, 0.2) is 170 Å². The molecule has 0 aliphatic rings. The van der Waals surface area contributed by atoms with Crippen molar-refractivity contribution >= 4 is 74.9 Å². The lowest BCUT2D eigenvalue weighted by molar-refractivity contribution is 0.954. The zero-order valence-corrected chi connectivity index (χ0v) is 28.7. The Labute approximate surface area is 302 Å². The molecule has 0 bridgehead atoms. The zero-order valence-electron chi connectivity index (χ0n) is 27.9. The smallest absolute Gasteiger partial charge is 0.238 e. The van der Waals surface area contributed by atoms with E-state index in [-0.39, 0.29) is 0 Å². The first-order chi connectivity index (χ1) is 25.7. The molecule has 4 nitrogen and oxygen atoms in total. The fraction of sp³-hybridized carbons (Fsp3) is 0. The first-order valence-electron chi connectivity index (χ1n) is 17.4. The average Bonchev–Trinajstić information content (AvgIpc) is 3.75. The molecule has 0 N–H and O–H groups in total. The summed E-state index contributed by atoms with van der Waals surface area (Å²) in [6, 6.07) is 60.4. The lowest BCUT2D eigenvalue weighted by atomic mass is 10.00. The van der Waals surface area contributed by atoms with Crippen LogP contribution in [-0.2, 0) is 0 Å². The summed E-state index contributed by atoms with van der Waals surface area (Å²) >= 11 is 1.84. The molecule has 0 fully saturated rings. The van der Waals surface area contributed by atoms with Crippen molar-refractivity contribution in [2.45, 2.75) is 0 Å². The van der Waals surface area contributed by atoms with E-state index in [2.05, 4.69) is 156 Å². The highest BCUT2D eigenvalue weighted by molar-refractivity contribution is 7.25. The van der Waals surface area contributed by atoms with E-state index in [1.54, 1.807) is 0 Å². The van der Waals surface area contributed by atoms with Gasteiger partial charge in [-0.2, -0.15) is 9.97 Å². The van der Waals surface area contributed by atoms with Crippen LogP contribution in [-0.4, -0.2) is 19.5 Å². The lowest BCUT2D eigenvalue weighted by Gasteiger charge is -2.13. The van der Waals surface area contributed by atoms with Crippen molar-refractivity contribution in [1.82, 2.24) is 19.5 Å². The van der Waals surface area contributed by atoms with Crippen LogP contribution in [0.3, 0.4) is 0 Å². The van der Waals surface area contributed by atoms with Gasteiger partial charge in [0.25, 0.3) is 0 Å². The number of hydrogen-bond acceptors (Lipinski definition) is 4. The first kappa shape index (κ1) is 29.1. The maximum Gasteiger partial charge on any atom is 0.238 e. The molecule has 0 aliphatic carbocycles. The number of hydrogen-bond donors (Lipinski definition) is 0. The summed E-state index contributed by atoms with van der Waals surface area (Å²) in [6.45, 7) is 0. The fourth-order valence-corrected chi connectivity index (χ4v) is 8.87. The second-order valence-corrected chi connectivity index (χ2v) is 14.4. The van der Waals surface area contributed by atoms with Crippen LogP contribution in [0.25, 0.3) is 103 Å². The van der Waals surface area contributed by atoms with Gasteiger partial charge in [-0.25, -0.2) is 4.98 Å². The van der Waals surface area contributed by atoms with Gasteiger partial charge in [0.1, 0.15) is 0 Å². The monoisotopic (exact) mass is 680 g/mol. The molecule has 5 heteroatoms. The Balaban J connectivity index is 1.24.